The Morgan fingerprint density at radius 3 is 1.52 bits per heavy atom. The van der Waals surface area contributed by atoms with Crippen molar-refractivity contribution in [3.63, 3.8) is 0 Å². The lowest BCUT2D eigenvalue weighted by molar-refractivity contribution is 0.671. The summed E-state index contributed by atoms with van der Waals surface area (Å²) >= 11 is 0. The number of furan rings is 2. The van der Waals surface area contributed by atoms with E-state index in [4.69, 9.17) is 33.8 Å². The Balaban J connectivity index is 0.704. The molecule has 0 saturated heterocycles. The quantitative estimate of drug-likeness (QED) is 0.149. The van der Waals surface area contributed by atoms with Crippen LogP contribution in [-0.2, 0) is 0 Å². The van der Waals surface area contributed by atoms with E-state index in [9.17, 15) is 0 Å². The summed E-state index contributed by atoms with van der Waals surface area (Å²) in [6.45, 7) is 0. The van der Waals surface area contributed by atoms with E-state index >= 15 is 0 Å². The molecule has 0 aliphatic rings. The third kappa shape index (κ3) is 7.66. The van der Waals surface area contributed by atoms with Crippen LogP contribution in [-0.4, -0.2) is 34.1 Å². The van der Waals surface area contributed by atoms with Crippen LogP contribution in [0.4, 0.5) is 0 Å². The Morgan fingerprint density at radius 2 is 0.767 bits per heavy atom. The second-order valence-corrected chi connectivity index (χ2v) is 23.1. The summed E-state index contributed by atoms with van der Waals surface area (Å²) < 4.78 is 18.4. The highest BCUT2D eigenvalue weighted by Gasteiger charge is 2.25. The fourth-order valence-electron chi connectivity index (χ4n) is 13.9. The Labute approximate surface area is 513 Å². The Morgan fingerprint density at radius 1 is 0.256 bits per heavy atom. The average molecular weight is 1150 g/mol. The Kier molecular flexibility index (Phi) is 10.9. The zero-order valence-electron chi connectivity index (χ0n) is 48.1. The molecule has 19 aromatic rings. The van der Waals surface area contributed by atoms with Gasteiger partial charge in [0.15, 0.2) is 23.1 Å². The molecule has 0 saturated carbocycles. The maximum Gasteiger partial charge on any atom is 0.235 e. The van der Waals surface area contributed by atoms with Crippen LogP contribution in [0.1, 0.15) is 0 Å². The summed E-state index contributed by atoms with van der Waals surface area (Å²) in [5.74, 6) is 2.32. The molecule has 0 fully saturated rings. The molecule has 13 aromatic carbocycles. The number of hydrogen-bond donors (Lipinski definition) is 0. The Bertz CT molecular complexity index is 6140. The van der Waals surface area contributed by atoms with Crippen molar-refractivity contribution >= 4 is 109 Å². The molecule has 0 aliphatic heterocycles. The highest BCUT2D eigenvalue weighted by Crippen LogP contribution is 2.47. The minimum absolute atomic E-state index is 0.568. The van der Waals surface area contributed by atoms with Crippen molar-refractivity contribution in [2.24, 2.45) is 0 Å². The SMILES string of the molecule is c1ccc(-c2ccc(-c3nc(-n4c5ccccc5c5c6oc7cc(-c8cccc(-c9nc(-c%10ccccc%10)nc(-c%10ccc(-n%11c%12ccccc%12c%12c%13ccccc%13c%13c%14ccccc%14oc%13c%12%11)cc%10)n9)c8)ccc7c6ccc54)nc4ccccc34)cc2)cc1. The largest absolute Gasteiger partial charge is 0.455 e. The van der Waals surface area contributed by atoms with Gasteiger partial charge in [-0.25, -0.2) is 24.9 Å². The van der Waals surface area contributed by atoms with Gasteiger partial charge in [0.2, 0.25) is 5.95 Å². The van der Waals surface area contributed by atoms with Crippen LogP contribution < -0.4 is 0 Å². The second kappa shape index (κ2) is 19.6. The predicted octanol–water partition coefficient (Wildman–Crippen LogP) is 21.0. The van der Waals surface area contributed by atoms with Gasteiger partial charge in [0, 0.05) is 71.0 Å². The van der Waals surface area contributed by atoms with Crippen LogP contribution in [0, 0.1) is 0 Å². The number of fused-ring (bicyclic) bond motifs is 18. The minimum atomic E-state index is 0.568. The molecule has 0 unspecified atom stereocenters. The van der Waals surface area contributed by atoms with E-state index in [1.165, 1.54) is 16.3 Å². The maximum atomic E-state index is 7.07. The summed E-state index contributed by atoms with van der Waals surface area (Å²) in [7, 11) is 0. The lowest BCUT2D eigenvalue weighted by atomic mass is 9.99. The van der Waals surface area contributed by atoms with Gasteiger partial charge >= 0.3 is 0 Å². The highest BCUT2D eigenvalue weighted by molar-refractivity contribution is 6.35. The number of hydrogen-bond acceptors (Lipinski definition) is 7. The molecule has 9 heteroatoms. The van der Waals surface area contributed by atoms with E-state index < -0.39 is 0 Å². The summed E-state index contributed by atoms with van der Waals surface area (Å²) in [6, 6.07) is 99.5. The van der Waals surface area contributed by atoms with Gasteiger partial charge < -0.3 is 13.4 Å². The van der Waals surface area contributed by atoms with E-state index in [-0.39, 0.29) is 0 Å². The van der Waals surface area contributed by atoms with Gasteiger partial charge in [0.05, 0.1) is 38.7 Å². The second-order valence-electron chi connectivity index (χ2n) is 23.1. The van der Waals surface area contributed by atoms with E-state index in [2.05, 4.69) is 246 Å². The summed E-state index contributed by atoms with van der Waals surface area (Å²) in [5.41, 5.74) is 18.1. The van der Waals surface area contributed by atoms with Crippen LogP contribution in [0.25, 0.3) is 188 Å². The van der Waals surface area contributed by atoms with E-state index in [1.54, 1.807) is 0 Å². The van der Waals surface area contributed by atoms with E-state index in [0.29, 0.717) is 23.4 Å². The first-order valence-electron chi connectivity index (χ1n) is 30.2. The molecule has 0 bridgehead atoms. The third-order valence-corrected chi connectivity index (χ3v) is 18.0. The van der Waals surface area contributed by atoms with Gasteiger partial charge in [0.25, 0.3) is 0 Å². The van der Waals surface area contributed by atoms with Crippen molar-refractivity contribution in [3.05, 3.63) is 285 Å². The van der Waals surface area contributed by atoms with Gasteiger partial charge in [-0.15, -0.1) is 0 Å². The average Bonchev–Trinajstić information content (AvgIpc) is 1.55. The lowest BCUT2D eigenvalue weighted by Gasteiger charge is -2.12. The minimum Gasteiger partial charge on any atom is -0.455 e. The van der Waals surface area contributed by atoms with Crippen LogP contribution >= 0.6 is 0 Å². The maximum absolute atomic E-state index is 7.07. The molecule has 19 rings (SSSR count). The molecule has 0 N–H and O–H groups in total. The topological polar surface area (TPSA) is 101 Å². The molecule has 0 radical (unpaired) electrons. The number of aromatic nitrogens is 7. The monoisotopic (exact) mass is 1150 g/mol. The molecule has 6 heterocycles. The van der Waals surface area contributed by atoms with Crippen molar-refractivity contribution in [1.29, 1.82) is 0 Å². The highest BCUT2D eigenvalue weighted by atomic mass is 16.3. The zero-order valence-corrected chi connectivity index (χ0v) is 48.1. The van der Waals surface area contributed by atoms with Gasteiger partial charge in [0.1, 0.15) is 16.7 Å². The van der Waals surface area contributed by atoms with Crippen molar-refractivity contribution < 1.29 is 8.83 Å². The molecule has 6 aromatic heterocycles. The van der Waals surface area contributed by atoms with Crippen molar-refractivity contribution in [2.45, 2.75) is 0 Å². The molecular formula is C81H47N7O2. The molecule has 90 heavy (non-hydrogen) atoms. The normalized spacial score (nSPS) is 12.0. The number of benzene rings is 13. The first-order valence-corrected chi connectivity index (χ1v) is 30.2. The standard InChI is InChI=1S/C81H47N7O2/c1-3-18-48(19-4-1)49-34-36-50(37-35-49)74-61-26-9-13-30-65(61)82-81(83-74)88-67-32-15-11-28-63(67)73-68(88)45-44-60-57-43-40-54(47-70(57)90-76(60)73)53-22-17-23-55(46-53)80-85-78(51-20-5-2-6-21-51)84-79(86-80)52-38-41-56(42-39-52)87-66-31-14-10-27-62(66)71-58-24-7-8-25-59(58)72-64-29-12-16-33-69(64)89-77(72)75(71)87/h1-47H. The Hall–Kier alpha value is -12.3. The van der Waals surface area contributed by atoms with E-state index in [0.717, 1.165) is 149 Å². The van der Waals surface area contributed by atoms with Crippen LogP contribution in [0.5, 0.6) is 0 Å². The number of para-hydroxylation sites is 4. The fraction of sp³-hybridized carbons (Fsp3) is 0. The molecule has 0 amide bonds. The molecular weight excluding hydrogens is 1100 g/mol. The zero-order chi connectivity index (χ0) is 59.0. The van der Waals surface area contributed by atoms with Crippen molar-refractivity contribution in [1.82, 2.24) is 34.1 Å². The summed E-state index contributed by atoms with van der Waals surface area (Å²) in [4.78, 5) is 26.3. The summed E-state index contributed by atoms with van der Waals surface area (Å²) in [6.07, 6.45) is 0. The third-order valence-electron chi connectivity index (χ3n) is 18.0. The molecule has 0 atom stereocenters. The number of rotatable bonds is 8. The summed E-state index contributed by atoms with van der Waals surface area (Å²) in [5, 5.41) is 12.0. The smallest absolute Gasteiger partial charge is 0.235 e. The fourth-order valence-corrected chi connectivity index (χ4v) is 13.9. The van der Waals surface area contributed by atoms with Gasteiger partial charge in [-0.2, -0.15) is 0 Å². The van der Waals surface area contributed by atoms with Crippen LogP contribution in [0.2, 0.25) is 0 Å². The van der Waals surface area contributed by atoms with Crippen molar-refractivity contribution in [3.8, 4) is 79.3 Å². The molecule has 418 valence electrons. The lowest BCUT2D eigenvalue weighted by Crippen LogP contribution is -2.03. The van der Waals surface area contributed by atoms with Gasteiger partial charge in [-0.3, -0.25) is 4.57 Å². The van der Waals surface area contributed by atoms with Crippen LogP contribution in [0.15, 0.2) is 294 Å². The predicted molar refractivity (Wildman–Crippen MR) is 366 cm³/mol. The van der Waals surface area contributed by atoms with Crippen molar-refractivity contribution in [2.75, 3.05) is 0 Å². The van der Waals surface area contributed by atoms with Gasteiger partial charge in [-0.1, -0.05) is 206 Å². The first-order chi connectivity index (χ1) is 44.6. The van der Waals surface area contributed by atoms with Crippen LogP contribution in [0.3, 0.4) is 0 Å². The van der Waals surface area contributed by atoms with E-state index in [1.807, 2.05) is 48.5 Å². The molecule has 0 spiro atoms. The number of nitrogens with zero attached hydrogens (tertiary/aromatic N) is 7. The van der Waals surface area contributed by atoms with Gasteiger partial charge in [-0.05, 0) is 112 Å². The first kappa shape index (κ1) is 49.9. The molecule has 0 aliphatic carbocycles. The molecule has 9 nitrogen and oxygen atoms in total.